The number of rotatable bonds is 16. The minimum absolute atomic E-state index is 0.0957. The van der Waals surface area contributed by atoms with Crippen molar-refractivity contribution in [3.63, 3.8) is 0 Å². The zero-order valence-corrected chi connectivity index (χ0v) is 47.5. The number of methoxy groups -OCH3 is 4. The highest BCUT2D eigenvalue weighted by molar-refractivity contribution is 5.36. The van der Waals surface area contributed by atoms with Gasteiger partial charge in [0, 0.05) is 59.0 Å². The fourth-order valence-electron chi connectivity index (χ4n) is 15.8. The van der Waals surface area contributed by atoms with Crippen LogP contribution in [0.1, 0.15) is 106 Å². The monoisotopic (exact) mass is 1140 g/mol. The summed E-state index contributed by atoms with van der Waals surface area (Å²) >= 11 is 0. The van der Waals surface area contributed by atoms with Gasteiger partial charge in [-0.15, -0.1) is 0 Å². The molecule has 0 amide bonds. The van der Waals surface area contributed by atoms with E-state index in [0.29, 0.717) is 38.5 Å². The number of aliphatic hydroxyl groups is 10. The van der Waals surface area contributed by atoms with E-state index in [4.69, 9.17) is 66.3 Å². The summed E-state index contributed by atoms with van der Waals surface area (Å²) in [5.74, 6) is -1.35. The lowest BCUT2D eigenvalue weighted by Gasteiger charge is -2.68. The van der Waals surface area contributed by atoms with Crippen molar-refractivity contribution in [3.05, 3.63) is 11.6 Å². The molecule has 3 saturated carbocycles. The molecule has 24 heteroatoms. The first-order valence-corrected chi connectivity index (χ1v) is 28.5. The Bertz CT molecular complexity index is 2060. The molecule has 5 aliphatic heterocycles. The summed E-state index contributed by atoms with van der Waals surface area (Å²) in [4.78, 5) is 0. The molecule has 5 heterocycles. The summed E-state index contributed by atoms with van der Waals surface area (Å²) in [7, 11) is 6.11. The van der Waals surface area contributed by atoms with Gasteiger partial charge in [-0.05, 0) is 84.5 Å². The summed E-state index contributed by atoms with van der Waals surface area (Å²) in [6.45, 7) is 11.9. The van der Waals surface area contributed by atoms with E-state index in [1.54, 1.807) is 41.9 Å². The third kappa shape index (κ3) is 10.9. The van der Waals surface area contributed by atoms with Gasteiger partial charge in [0.25, 0.3) is 0 Å². The van der Waals surface area contributed by atoms with Crippen molar-refractivity contribution in [2.75, 3.05) is 35.0 Å². The smallest absolute Gasteiger partial charge is 0.187 e. The molecule has 32 atom stereocenters. The third-order valence-corrected chi connectivity index (χ3v) is 20.3. The second-order valence-electron chi connectivity index (χ2n) is 24.6. The van der Waals surface area contributed by atoms with Crippen LogP contribution in [0.15, 0.2) is 11.6 Å². The zero-order valence-electron chi connectivity index (χ0n) is 47.5. The Balaban J connectivity index is 0.767. The van der Waals surface area contributed by atoms with E-state index in [1.807, 2.05) is 26.8 Å². The molecule has 0 radical (unpaired) electrons. The van der Waals surface area contributed by atoms with Crippen LogP contribution in [0.5, 0.6) is 0 Å². The minimum atomic E-state index is -1.72. The first-order valence-electron chi connectivity index (χ1n) is 28.5. The van der Waals surface area contributed by atoms with Crippen molar-refractivity contribution < 1.29 is 117 Å². The second-order valence-corrected chi connectivity index (χ2v) is 24.6. The molecule has 0 bridgehead atoms. The van der Waals surface area contributed by atoms with Crippen molar-refractivity contribution >= 4 is 0 Å². The van der Waals surface area contributed by atoms with Gasteiger partial charge < -0.3 is 117 Å². The summed E-state index contributed by atoms with van der Waals surface area (Å²) in [6, 6.07) is 0. The SMILES string of the molecule is COC1CC(OC2CCC3(C)C(=CCC4(O)C3C(O)C(O)C3(C)C(C(C)O)CCC43O)C2)OC(C)C1OC1CC(OC)C(OC2CC(OC)C(OC3OC(C)C(OC4OC(CO)C(O)C(O)C4O)C(OC)C3O)C(C)O2)C(C)O1. The van der Waals surface area contributed by atoms with Gasteiger partial charge in [-0.1, -0.05) is 25.5 Å². The molecule has 0 aromatic heterocycles. The molecule has 79 heavy (non-hydrogen) atoms. The molecular weight excluding hydrogens is 1040 g/mol. The van der Waals surface area contributed by atoms with Crippen molar-refractivity contribution in [1.82, 2.24) is 0 Å². The highest BCUT2D eigenvalue weighted by atomic mass is 16.8. The van der Waals surface area contributed by atoms with Crippen molar-refractivity contribution in [3.8, 4) is 0 Å². The van der Waals surface area contributed by atoms with Gasteiger partial charge >= 0.3 is 0 Å². The molecule has 0 aromatic carbocycles. The topological polar surface area (TPSA) is 332 Å². The van der Waals surface area contributed by atoms with Crippen LogP contribution in [0.25, 0.3) is 0 Å². The van der Waals surface area contributed by atoms with Crippen LogP contribution in [0.2, 0.25) is 0 Å². The second kappa shape index (κ2) is 24.3. The average Bonchev–Trinajstić information content (AvgIpc) is 2.75. The maximum atomic E-state index is 12.6. The Labute approximate surface area is 462 Å². The normalized spacial score (nSPS) is 54.5. The lowest BCUT2D eigenvalue weighted by atomic mass is 9.42. The van der Waals surface area contributed by atoms with Crippen molar-refractivity contribution in [2.24, 2.45) is 22.7 Å². The lowest BCUT2D eigenvalue weighted by Crippen LogP contribution is -2.79. The van der Waals surface area contributed by atoms with Crippen LogP contribution in [-0.4, -0.2) is 257 Å². The minimum Gasteiger partial charge on any atom is -0.394 e. The van der Waals surface area contributed by atoms with Gasteiger partial charge in [-0.25, -0.2) is 0 Å². The van der Waals surface area contributed by atoms with Crippen LogP contribution in [0.3, 0.4) is 0 Å². The molecule has 456 valence electrons. The quantitative estimate of drug-likeness (QED) is 0.0864. The van der Waals surface area contributed by atoms with E-state index < -0.39 is 194 Å². The number of hydrogen-bond acceptors (Lipinski definition) is 24. The summed E-state index contributed by atoms with van der Waals surface area (Å²) in [6.07, 6.45) is -19.0. The molecule has 4 aliphatic carbocycles. The highest BCUT2D eigenvalue weighted by Crippen LogP contribution is 2.70. The van der Waals surface area contributed by atoms with Crippen LogP contribution in [0, 0.1) is 22.7 Å². The molecule has 0 aromatic rings. The Hall–Kier alpha value is -1.22. The Morgan fingerprint density at radius 3 is 1.61 bits per heavy atom. The molecule has 9 aliphatic rings. The van der Waals surface area contributed by atoms with Gasteiger partial charge in [0.15, 0.2) is 31.5 Å². The van der Waals surface area contributed by atoms with Gasteiger partial charge in [0.2, 0.25) is 0 Å². The Morgan fingerprint density at radius 2 is 1.09 bits per heavy atom. The van der Waals surface area contributed by atoms with Gasteiger partial charge in [-0.2, -0.15) is 0 Å². The number of fused-ring (bicyclic) bond motifs is 5. The maximum Gasteiger partial charge on any atom is 0.187 e. The van der Waals surface area contributed by atoms with E-state index >= 15 is 0 Å². The number of hydrogen-bond donors (Lipinski definition) is 10. The molecule has 5 saturated heterocycles. The number of ether oxygens (including phenoxy) is 14. The standard InChI is InChI=1S/C55H92O24/c1-23(57)30-14-17-55(65)53(30,7)49(63)42(62)48-52(6)15-13-29(18-28(52)12-16-54(48,55)64)74-35-19-31(66-8)43(24(2)70-35)76-36-20-32(67-9)44(25(3)71-36)77-37-21-33(68-10)45(26(4)72-37)78-51-41(61)47(69-11)46(27(5)73-51)79-50-40(60)39(59)38(58)34(22-56)75-50/h12,23-27,29-51,56-65H,13-22H2,1-11H3. The van der Waals surface area contributed by atoms with E-state index in [2.05, 4.69) is 0 Å². The predicted molar refractivity (Wildman–Crippen MR) is 271 cm³/mol. The van der Waals surface area contributed by atoms with Crippen LogP contribution >= 0.6 is 0 Å². The van der Waals surface area contributed by atoms with E-state index in [1.165, 1.54) is 14.2 Å². The molecule has 32 unspecified atom stereocenters. The number of aliphatic hydroxyl groups excluding tert-OH is 8. The Morgan fingerprint density at radius 1 is 0.582 bits per heavy atom. The maximum absolute atomic E-state index is 12.6. The third-order valence-electron chi connectivity index (χ3n) is 20.3. The molecule has 10 N–H and O–H groups in total. The molecule has 24 nitrogen and oxygen atoms in total. The Kier molecular flexibility index (Phi) is 19.1. The molecular formula is C55H92O24. The van der Waals surface area contributed by atoms with E-state index in [0.717, 1.165) is 5.57 Å². The first-order chi connectivity index (χ1) is 37.3. The molecule has 8 fully saturated rings. The van der Waals surface area contributed by atoms with Crippen LogP contribution < -0.4 is 0 Å². The van der Waals surface area contributed by atoms with Crippen LogP contribution in [-0.2, 0) is 66.3 Å². The van der Waals surface area contributed by atoms with Crippen molar-refractivity contribution in [1.29, 1.82) is 0 Å². The summed E-state index contributed by atoms with van der Waals surface area (Å²) in [5.41, 5.74) is -4.50. The van der Waals surface area contributed by atoms with Gasteiger partial charge in [0.05, 0.1) is 73.8 Å². The van der Waals surface area contributed by atoms with Crippen LogP contribution in [0.4, 0.5) is 0 Å². The summed E-state index contributed by atoms with van der Waals surface area (Å²) in [5, 5.41) is 112. The largest absolute Gasteiger partial charge is 0.394 e. The van der Waals surface area contributed by atoms with Gasteiger partial charge in [0.1, 0.15) is 72.2 Å². The van der Waals surface area contributed by atoms with Gasteiger partial charge in [-0.3, -0.25) is 0 Å². The average molecular weight is 1140 g/mol. The fraction of sp³-hybridized carbons (Fsp3) is 0.964. The van der Waals surface area contributed by atoms with E-state index in [9.17, 15) is 51.1 Å². The first kappa shape index (κ1) is 62.3. The fourth-order valence-corrected chi connectivity index (χ4v) is 15.8. The zero-order chi connectivity index (χ0) is 57.4. The van der Waals surface area contributed by atoms with Crippen molar-refractivity contribution in [2.45, 2.75) is 277 Å². The highest BCUT2D eigenvalue weighted by Gasteiger charge is 2.78. The molecule has 0 spiro atoms. The lowest BCUT2D eigenvalue weighted by molar-refractivity contribution is -0.374. The predicted octanol–water partition coefficient (Wildman–Crippen LogP) is -0.586. The summed E-state index contributed by atoms with van der Waals surface area (Å²) < 4.78 is 86.9. The molecule has 9 rings (SSSR count). The van der Waals surface area contributed by atoms with E-state index in [-0.39, 0.29) is 25.4 Å².